The summed E-state index contributed by atoms with van der Waals surface area (Å²) >= 11 is 0. The standard InChI is InChI=1S/C23H44NP.C7H12.Ti/c1-20(2)12-9-17-25(18-10-13-21(3)4,19-11-14-22(5)6)24-23-15-7-8-16-23;1-3-5-7-6-4-2;/h7-8,15,20-22H,9-14,16-19H2,1-6H3;3,5,7H,1,4,6H2,2H3;. The minimum Gasteiger partial charge on any atom is -0.272 e. The van der Waals surface area contributed by atoms with Crippen LogP contribution in [0, 0.1) is 17.8 Å². The van der Waals surface area contributed by atoms with Crippen molar-refractivity contribution in [2.45, 2.75) is 106 Å². The Morgan fingerprint density at radius 1 is 0.909 bits per heavy atom. The van der Waals surface area contributed by atoms with Gasteiger partial charge in [-0.1, -0.05) is 111 Å². The Balaban J connectivity index is 0. The van der Waals surface area contributed by atoms with Gasteiger partial charge in [0.25, 0.3) is 0 Å². The Morgan fingerprint density at radius 2 is 1.39 bits per heavy atom. The quantitative estimate of drug-likeness (QED) is 0.111. The molecule has 0 aromatic carbocycles. The first-order valence-corrected chi connectivity index (χ1v) is 15.8. The number of rotatable bonds is 16. The predicted molar refractivity (Wildman–Crippen MR) is 152 cm³/mol. The van der Waals surface area contributed by atoms with Crippen molar-refractivity contribution < 1.29 is 21.7 Å². The van der Waals surface area contributed by atoms with Crippen molar-refractivity contribution in [2.75, 3.05) is 18.5 Å². The SMILES string of the molecule is C=CC=CCCC.CC(C)CCCP(CCCC(C)C)(CCCC(C)C)=NC1=CC=CC1.[Ti]. The molecule has 0 radical (unpaired) electrons. The average Bonchev–Trinajstić information content (AvgIpc) is 3.21. The molecule has 0 amide bonds. The summed E-state index contributed by atoms with van der Waals surface area (Å²) < 4.78 is 5.51. The molecule has 1 aliphatic rings. The molecule has 0 heterocycles. The number of hydrogen-bond acceptors (Lipinski definition) is 1. The van der Waals surface area contributed by atoms with E-state index in [1.807, 2.05) is 6.08 Å². The molecule has 3 heteroatoms. The van der Waals surface area contributed by atoms with Gasteiger partial charge in [0, 0.05) is 33.8 Å². The molecule has 1 aliphatic carbocycles. The monoisotopic (exact) mass is 509 g/mol. The molecule has 0 saturated carbocycles. The van der Waals surface area contributed by atoms with Gasteiger partial charge in [-0.15, -0.1) is 0 Å². The van der Waals surface area contributed by atoms with Gasteiger partial charge in [-0.2, -0.15) is 0 Å². The van der Waals surface area contributed by atoms with E-state index in [1.165, 1.54) is 75.5 Å². The van der Waals surface area contributed by atoms with E-state index >= 15 is 0 Å². The third kappa shape index (κ3) is 20.9. The van der Waals surface area contributed by atoms with Crippen LogP contribution in [0.15, 0.2) is 53.5 Å². The molecule has 0 unspecified atom stereocenters. The van der Waals surface area contributed by atoms with Crippen molar-refractivity contribution in [1.82, 2.24) is 0 Å². The van der Waals surface area contributed by atoms with Crippen LogP contribution >= 0.6 is 7.05 Å². The van der Waals surface area contributed by atoms with Gasteiger partial charge < -0.3 is 0 Å². The number of allylic oxidation sites excluding steroid dienone is 6. The van der Waals surface area contributed by atoms with E-state index in [2.05, 4.69) is 79.3 Å². The Morgan fingerprint density at radius 3 is 1.73 bits per heavy atom. The smallest absolute Gasteiger partial charge is 0.0425 e. The molecular weight excluding hydrogens is 453 g/mol. The number of nitrogens with zero attached hydrogens (tertiary/aromatic N) is 1. The first kappa shape index (κ1) is 35.1. The molecule has 0 aromatic heterocycles. The van der Waals surface area contributed by atoms with E-state index in [4.69, 9.17) is 4.74 Å². The summed E-state index contributed by atoms with van der Waals surface area (Å²) in [5.41, 5.74) is 1.37. The molecule has 0 aliphatic heterocycles. The van der Waals surface area contributed by atoms with E-state index in [9.17, 15) is 0 Å². The topological polar surface area (TPSA) is 12.4 Å². The van der Waals surface area contributed by atoms with E-state index in [-0.39, 0.29) is 21.7 Å². The summed E-state index contributed by atoms with van der Waals surface area (Å²) in [6, 6.07) is 0. The molecule has 33 heavy (non-hydrogen) atoms. The van der Waals surface area contributed by atoms with Gasteiger partial charge in [-0.05, 0) is 75.1 Å². The van der Waals surface area contributed by atoms with Crippen LogP contribution < -0.4 is 0 Å². The van der Waals surface area contributed by atoms with Crippen molar-refractivity contribution in [3.63, 3.8) is 0 Å². The van der Waals surface area contributed by atoms with Gasteiger partial charge >= 0.3 is 0 Å². The van der Waals surface area contributed by atoms with Crippen LogP contribution in [-0.4, -0.2) is 18.5 Å². The zero-order valence-electron chi connectivity index (χ0n) is 23.3. The van der Waals surface area contributed by atoms with Crippen molar-refractivity contribution in [3.05, 3.63) is 48.7 Å². The largest absolute Gasteiger partial charge is 0.272 e. The second-order valence-corrected chi connectivity index (χ2v) is 14.4. The van der Waals surface area contributed by atoms with Crippen molar-refractivity contribution in [3.8, 4) is 0 Å². The van der Waals surface area contributed by atoms with Crippen LogP contribution in [-0.2, 0) is 21.7 Å². The summed E-state index contributed by atoms with van der Waals surface area (Å²) in [4.78, 5) is 0. The summed E-state index contributed by atoms with van der Waals surface area (Å²) in [5, 5.41) is 0. The summed E-state index contributed by atoms with van der Waals surface area (Å²) in [7, 11) is -1.20. The van der Waals surface area contributed by atoms with E-state index in [0.717, 1.165) is 24.2 Å². The Hall–Kier alpha value is -0.0957. The van der Waals surface area contributed by atoms with E-state index in [0.29, 0.717) is 0 Å². The maximum Gasteiger partial charge on any atom is 0.0425 e. The summed E-state index contributed by atoms with van der Waals surface area (Å²) in [6.45, 7) is 19.9. The maximum atomic E-state index is 5.51. The maximum absolute atomic E-state index is 5.51. The van der Waals surface area contributed by atoms with Gasteiger partial charge in [0.2, 0.25) is 0 Å². The van der Waals surface area contributed by atoms with Gasteiger partial charge in [0.1, 0.15) is 0 Å². The fourth-order valence-corrected chi connectivity index (χ4v) is 7.99. The molecule has 0 saturated heterocycles. The van der Waals surface area contributed by atoms with Crippen molar-refractivity contribution >= 4 is 7.05 Å². The Kier molecular flexibility index (Phi) is 23.8. The zero-order chi connectivity index (χ0) is 24.2. The minimum absolute atomic E-state index is 0. The molecule has 1 rings (SSSR count). The first-order valence-electron chi connectivity index (χ1n) is 13.5. The van der Waals surface area contributed by atoms with Crippen LogP contribution in [0.5, 0.6) is 0 Å². The minimum atomic E-state index is -1.20. The van der Waals surface area contributed by atoms with Crippen LogP contribution in [0.2, 0.25) is 0 Å². The second kappa shape index (κ2) is 22.4. The van der Waals surface area contributed by atoms with Gasteiger partial charge in [0.15, 0.2) is 0 Å². The molecule has 0 atom stereocenters. The third-order valence-corrected chi connectivity index (χ3v) is 10.0. The number of hydrogen-bond donors (Lipinski definition) is 0. The van der Waals surface area contributed by atoms with Crippen molar-refractivity contribution in [1.29, 1.82) is 0 Å². The van der Waals surface area contributed by atoms with Gasteiger partial charge in [0.05, 0.1) is 0 Å². The molecule has 190 valence electrons. The summed E-state index contributed by atoms with van der Waals surface area (Å²) in [6.07, 6.45) is 28.5. The van der Waals surface area contributed by atoms with Crippen molar-refractivity contribution in [2.24, 2.45) is 22.5 Å². The first-order chi connectivity index (χ1) is 15.2. The average molecular weight is 510 g/mol. The molecular formula is C30H56NPTi. The van der Waals surface area contributed by atoms with Crippen LogP contribution in [0.4, 0.5) is 0 Å². The summed E-state index contributed by atoms with van der Waals surface area (Å²) in [5.74, 6) is 2.46. The molecule has 0 fully saturated rings. The second-order valence-electron chi connectivity index (χ2n) is 10.7. The molecule has 0 spiro atoms. The van der Waals surface area contributed by atoms with Crippen LogP contribution in [0.1, 0.15) is 106 Å². The number of unbranched alkanes of at least 4 members (excludes halogenated alkanes) is 1. The molecule has 1 nitrogen and oxygen atoms in total. The predicted octanol–water partition coefficient (Wildman–Crippen LogP) is 10.9. The zero-order valence-corrected chi connectivity index (χ0v) is 25.7. The Labute approximate surface area is 224 Å². The van der Waals surface area contributed by atoms with Gasteiger partial charge in [-0.25, -0.2) is 0 Å². The Bertz CT molecular complexity index is 568. The fraction of sp³-hybridized carbons (Fsp3) is 0.733. The van der Waals surface area contributed by atoms with Gasteiger partial charge in [-0.3, -0.25) is 4.74 Å². The normalized spacial score (nSPS) is 13.3. The fourth-order valence-electron chi connectivity index (χ4n) is 4.01. The van der Waals surface area contributed by atoms with Crippen LogP contribution in [0.3, 0.4) is 0 Å². The molecule has 0 aromatic rings. The van der Waals surface area contributed by atoms with Crippen LogP contribution in [0.25, 0.3) is 0 Å². The molecule has 0 bridgehead atoms. The van der Waals surface area contributed by atoms with E-state index < -0.39 is 7.05 Å². The van der Waals surface area contributed by atoms with E-state index in [1.54, 1.807) is 6.08 Å². The molecule has 0 N–H and O–H groups in total. The third-order valence-electron chi connectivity index (χ3n) is 5.89.